The zero-order valence-electron chi connectivity index (χ0n) is 19.1. The first-order valence-electron chi connectivity index (χ1n) is 11.2. The fourth-order valence-corrected chi connectivity index (χ4v) is 4.48. The number of carbonyl (C=O) groups excluding carboxylic acids is 2. The fraction of sp³-hybridized carbons (Fsp3) is 0.667. The van der Waals surface area contributed by atoms with E-state index in [9.17, 15) is 9.59 Å². The Morgan fingerprint density at radius 3 is 2.07 bits per heavy atom. The molecule has 2 atom stereocenters. The summed E-state index contributed by atoms with van der Waals surface area (Å²) >= 11 is 0. The number of carbonyl (C=O) groups is 2. The fourth-order valence-electron chi connectivity index (χ4n) is 4.48. The van der Waals surface area contributed by atoms with Crippen LogP contribution in [0.1, 0.15) is 68.2 Å². The van der Waals surface area contributed by atoms with E-state index in [-0.39, 0.29) is 17.4 Å². The second kappa shape index (κ2) is 9.48. The molecule has 166 valence electrons. The van der Waals surface area contributed by atoms with Crippen LogP contribution in [0.3, 0.4) is 0 Å². The quantitative estimate of drug-likeness (QED) is 0.821. The monoisotopic (exact) mass is 415 g/mol. The first-order valence-corrected chi connectivity index (χ1v) is 11.2. The van der Waals surface area contributed by atoms with Gasteiger partial charge in [-0.3, -0.25) is 14.5 Å². The van der Waals surface area contributed by atoms with Crippen molar-refractivity contribution in [3.05, 3.63) is 35.4 Å². The Labute approximate surface area is 180 Å². The van der Waals surface area contributed by atoms with Gasteiger partial charge < -0.3 is 15.0 Å². The van der Waals surface area contributed by atoms with Gasteiger partial charge in [-0.15, -0.1) is 0 Å². The third-order valence-electron chi connectivity index (χ3n) is 5.80. The molecule has 6 heteroatoms. The summed E-state index contributed by atoms with van der Waals surface area (Å²) < 4.78 is 5.83. The number of amides is 2. The molecule has 2 fully saturated rings. The third kappa shape index (κ3) is 6.29. The number of nitrogens with zero attached hydrogens (tertiary/aromatic N) is 2. The molecule has 0 aromatic heterocycles. The number of hydrogen-bond donors (Lipinski definition) is 1. The van der Waals surface area contributed by atoms with Gasteiger partial charge in [0.1, 0.15) is 0 Å². The Morgan fingerprint density at radius 1 is 1.00 bits per heavy atom. The highest BCUT2D eigenvalue weighted by Gasteiger charge is 2.28. The van der Waals surface area contributed by atoms with Gasteiger partial charge in [0, 0.05) is 49.4 Å². The highest BCUT2D eigenvalue weighted by atomic mass is 16.5. The average Bonchev–Trinajstić information content (AvgIpc) is 2.66. The van der Waals surface area contributed by atoms with E-state index in [0.717, 1.165) is 45.6 Å². The van der Waals surface area contributed by atoms with Crippen molar-refractivity contribution < 1.29 is 14.3 Å². The van der Waals surface area contributed by atoms with Gasteiger partial charge in [-0.25, -0.2) is 0 Å². The maximum atomic E-state index is 12.9. The van der Waals surface area contributed by atoms with Crippen molar-refractivity contribution in [2.24, 2.45) is 5.92 Å². The second-order valence-corrected chi connectivity index (χ2v) is 9.99. The highest BCUT2D eigenvalue weighted by Crippen LogP contribution is 2.22. The zero-order valence-corrected chi connectivity index (χ0v) is 19.1. The van der Waals surface area contributed by atoms with Crippen LogP contribution in [0.2, 0.25) is 0 Å². The van der Waals surface area contributed by atoms with Crippen molar-refractivity contribution in [2.45, 2.75) is 65.2 Å². The molecule has 1 aromatic carbocycles. The van der Waals surface area contributed by atoms with Crippen LogP contribution >= 0.6 is 0 Å². The predicted octanol–water partition coefficient (Wildman–Crippen LogP) is 3.18. The summed E-state index contributed by atoms with van der Waals surface area (Å²) in [6.07, 6.45) is 2.67. The SMILES string of the molecule is CC1CN(CC2CCN(C(=O)c3ccc(C(=O)NC(C)(C)C)cc3)CC2)CC(C)O1. The van der Waals surface area contributed by atoms with E-state index in [0.29, 0.717) is 29.3 Å². The minimum atomic E-state index is -0.285. The smallest absolute Gasteiger partial charge is 0.253 e. The van der Waals surface area contributed by atoms with E-state index in [1.54, 1.807) is 24.3 Å². The minimum Gasteiger partial charge on any atom is -0.373 e. The molecule has 2 aliphatic rings. The largest absolute Gasteiger partial charge is 0.373 e. The Morgan fingerprint density at radius 2 is 1.53 bits per heavy atom. The van der Waals surface area contributed by atoms with Crippen molar-refractivity contribution in [1.29, 1.82) is 0 Å². The molecule has 2 unspecified atom stereocenters. The molecule has 2 aliphatic heterocycles. The van der Waals surface area contributed by atoms with E-state index in [2.05, 4.69) is 24.1 Å². The van der Waals surface area contributed by atoms with Crippen LogP contribution in [0.5, 0.6) is 0 Å². The number of hydrogen-bond acceptors (Lipinski definition) is 4. The number of ether oxygens (including phenoxy) is 1. The molecule has 2 saturated heterocycles. The predicted molar refractivity (Wildman–Crippen MR) is 119 cm³/mol. The van der Waals surface area contributed by atoms with Crippen molar-refractivity contribution >= 4 is 11.8 Å². The molecule has 3 rings (SSSR count). The Bertz CT molecular complexity index is 723. The molecule has 30 heavy (non-hydrogen) atoms. The van der Waals surface area contributed by atoms with Crippen LogP contribution in [0.15, 0.2) is 24.3 Å². The first kappa shape index (κ1) is 22.8. The molecule has 2 amide bonds. The van der Waals surface area contributed by atoms with Gasteiger partial charge in [0.15, 0.2) is 0 Å². The maximum Gasteiger partial charge on any atom is 0.253 e. The lowest BCUT2D eigenvalue weighted by molar-refractivity contribution is -0.0728. The Kier molecular flexibility index (Phi) is 7.19. The van der Waals surface area contributed by atoms with Gasteiger partial charge in [0.25, 0.3) is 11.8 Å². The van der Waals surface area contributed by atoms with Gasteiger partial charge in [-0.05, 0) is 77.6 Å². The van der Waals surface area contributed by atoms with Crippen molar-refractivity contribution in [3.63, 3.8) is 0 Å². The number of morpholine rings is 1. The first-order chi connectivity index (χ1) is 14.1. The van der Waals surface area contributed by atoms with Crippen molar-refractivity contribution in [2.75, 3.05) is 32.7 Å². The van der Waals surface area contributed by atoms with Crippen LogP contribution in [-0.4, -0.2) is 72.1 Å². The Balaban J connectivity index is 1.49. The Hall–Kier alpha value is -1.92. The summed E-state index contributed by atoms with van der Waals surface area (Å²) in [5, 5.41) is 2.95. The van der Waals surface area contributed by atoms with Crippen LogP contribution in [-0.2, 0) is 4.74 Å². The lowest BCUT2D eigenvalue weighted by Crippen LogP contribution is -2.48. The molecule has 0 radical (unpaired) electrons. The number of benzene rings is 1. The average molecular weight is 416 g/mol. The summed E-state index contributed by atoms with van der Waals surface area (Å²) in [4.78, 5) is 29.6. The number of likely N-dealkylation sites (tertiary alicyclic amines) is 1. The van der Waals surface area contributed by atoms with Crippen LogP contribution < -0.4 is 5.32 Å². The summed E-state index contributed by atoms with van der Waals surface area (Å²) in [7, 11) is 0. The van der Waals surface area contributed by atoms with Gasteiger partial charge in [0.2, 0.25) is 0 Å². The highest BCUT2D eigenvalue weighted by molar-refractivity contribution is 5.98. The zero-order chi connectivity index (χ0) is 21.9. The standard InChI is InChI=1S/C24H37N3O3/c1-17-14-26(15-18(2)30-17)16-19-10-12-27(13-11-19)23(29)21-8-6-20(7-9-21)22(28)25-24(3,4)5/h6-9,17-19H,10-16H2,1-5H3,(H,25,28). The van der Waals surface area contributed by atoms with E-state index in [4.69, 9.17) is 4.74 Å². The second-order valence-electron chi connectivity index (χ2n) is 9.99. The molecular weight excluding hydrogens is 378 g/mol. The van der Waals surface area contributed by atoms with Crippen LogP contribution in [0.4, 0.5) is 0 Å². The molecule has 2 heterocycles. The van der Waals surface area contributed by atoms with Crippen molar-refractivity contribution in [1.82, 2.24) is 15.1 Å². The van der Waals surface area contributed by atoms with Crippen molar-refractivity contribution in [3.8, 4) is 0 Å². The molecule has 0 aliphatic carbocycles. The lowest BCUT2D eigenvalue weighted by atomic mass is 9.95. The number of rotatable bonds is 4. The summed E-state index contributed by atoms with van der Waals surface area (Å²) in [5.74, 6) is 0.578. The lowest BCUT2D eigenvalue weighted by Gasteiger charge is -2.39. The molecule has 0 saturated carbocycles. The molecule has 0 bridgehead atoms. The van der Waals surface area contributed by atoms with E-state index in [1.807, 2.05) is 25.7 Å². The topological polar surface area (TPSA) is 61.9 Å². The molecule has 1 N–H and O–H groups in total. The summed E-state index contributed by atoms with van der Waals surface area (Å²) in [5.41, 5.74) is 0.943. The van der Waals surface area contributed by atoms with Gasteiger partial charge >= 0.3 is 0 Å². The molecule has 6 nitrogen and oxygen atoms in total. The normalized spacial score (nSPS) is 24.0. The van der Waals surface area contributed by atoms with E-state index in [1.165, 1.54) is 0 Å². The van der Waals surface area contributed by atoms with Gasteiger partial charge in [-0.2, -0.15) is 0 Å². The third-order valence-corrected chi connectivity index (χ3v) is 5.80. The van der Waals surface area contributed by atoms with Gasteiger partial charge in [-0.1, -0.05) is 0 Å². The molecular formula is C24H37N3O3. The molecule has 1 aromatic rings. The minimum absolute atomic E-state index is 0.0600. The van der Waals surface area contributed by atoms with E-state index < -0.39 is 0 Å². The number of nitrogens with one attached hydrogen (secondary N) is 1. The maximum absolute atomic E-state index is 12.9. The summed E-state index contributed by atoms with van der Waals surface area (Å²) in [6, 6.07) is 7.01. The molecule has 0 spiro atoms. The van der Waals surface area contributed by atoms with Crippen LogP contribution in [0, 0.1) is 5.92 Å². The van der Waals surface area contributed by atoms with Crippen LogP contribution in [0.25, 0.3) is 0 Å². The number of piperidine rings is 1. The summed E-state index contributed by atoms with van der Waals surface area (Å²) in [6.45, 7) is 14.8. The van der Waals surface area contributed by atoms with Gasteiger partial charge in [0.05, 0.1) is 12.2 Å². The van der Waals surface area contributed by atoms with E-state index >= 15 is 0 Å².